The standard InChI is InChI=1S/C55H86N8O13/c1-14-44-55(10,69)48(65)35(6)62(12)28-31(2)24-53(8,68)50(33(4)47(34(5)51(67)73-44)74-45-25-54(9,70-13)49(66)36(7)72-45)75-52-46(64)43(22-32(3)71-52)61(11)21-19-39-29-63(60-58-39)30-40-23-42(59-76-40)38-17-18-41(57-27-38)37-16-15-20-56-26-37/h15-18,20,26-27,29,31-36,40,43-50,52,64-66,68-69H,14,19,21-25,28,30H2,1-13H3/t31-,32-,33+,34-,35-,36+,40?,43+,44-,45+,46-,47+,48-,49+,50-,52+,53-,54-,55-/m1/s1. The highest BCUT2D eigenvalue weighted by Gasteiger charge is 2.53. The number of nitrogens with zero attached hydrogens (tertiary/aromatic N) is 8. The molecule has 4 aliphatic rings. The van der Waals surface area contributed by atoms with Crippen LogP contribution in [0.5, 0.6) is 0 Å². The van der Waals surface area contributed by atoms with Crippen molar-refractivity contribution in [2.75, 3.05) is 34.3 Å². The Balaban J connectivity index is 1.07. The van der Waals surface area contributed by atoms with Crippen LogP contribution in [0.25, 0.3) is 11.3 Å². The minimum Gasteiger partial charge on any atom is -0.459 e. The molecule has 76 heavy (non-hydrogen) atoms. The molecular formula is C55H86N8O13. The van der Waals surface area contributed by atoms with Gasteiger partial charge in [-0.2, -0.15) is 0 Å². The highest BCUT2D eigenvalue weighted by molar-refractivity contribution is 6.01. The quantitative estimate of drug-likeness (QED) is 0.144. The average Bonchev–Trinajstić information content (AvgIpc) is 4.06. The number of likely N-dealkylation sites (N-methyl/N-ethyl adjacent to an activating group) is 2. The Bertz CT molecular complexity index is 2360. The molecule has 3 saturated heterocycles. The number of hydrogen-bond donors (Lipinski definition) is 5. The van der Waals surface area contributed by atoms with Crippen molar-refractivity contribution in [3.05, 3.63) is 60.3 Å². The molecule has 4 aliphatic heterocycles. The molecule has 3 aromatic rings. The Morgan fingerprint density at radius 3 is 2.37 bits per heavy atom. The van der Waals surface area contributed by atoms with Crippen LogP contribution in [0.1, 0.15) is 113 Å². The number of carbonyl (C=O) groups excluding carboxylic acids is 1. The number of oxime groups is 1. The molecule has 0 radical (unpaired) electrons. The van der Waals surface area contributed by atoms with Crippen LogP contribution in [0.3, 0.4) is 0 Å². The highest BCUT2D eigenvalue weighted by Crippen LogP contribution is 2.40. The third-order valence-corrected chi connectivity index (χ3v) is 16.6. The smallest absolute Gasteiger partial charge is 0.311 e. The minimum atomic E-state index is -1.84. The summed E-state index contributed by atoms with van der Waals surface area (Å²) >= 11 is 0. The fraction of sp³-hybridized carbons (Fsp3) is 0.745. The molecule has 7 heterocycles. The van der Waals surface area contributed by atoms with Gasteiger partial charge in [0.2, 0.25) is 0 Å². The highest BCUT2D eigenvalue weighted by atomic mass is 16.7. The molecule has 0 spiro atoms. The average molecular weight is 1070 g/mol. The summed E-state index contributed by atoms with van der Waals surface area (Å²) < 4.78 is 40.1. The summed E-state index contributed by atoms with van der Waals surface area (Å²) in [5.41, 5.74) is -0.337. The van der Waals surface area contributed by atoms with Crippen LogP contribution < -0.4 is 0 Å². The van der Waals surface area contributed by atoms with Gasteiger partial charge in [0, 0.05) is 93.4 Å². The normalized spacial score (nSPS) is 39.5. The van der Waals surface area contributed by atoms with Gasteiger partial charge >= 0.3 is 5.97 Å². The largest absolute Gasteiger partial charge is 0.459 e. The SMILES string of the molecule is CC[C@H]1OC(=O)[C@H](C)[C@@H](O[C@H]2C[C@@](C)(OC)[C@@H](O)[C@H](C)O2)[C@H](C)[C@@H](O[C@@H]2O[C@H](C)C[C@H](N(C)CCc3cn(CC4CC(c5ccc(-c6cccnc6)nc5)=NO4)nn3)[C@H]2O)[C@](C)(O)C[C@@H](C)CN(C)[C@H](C)[C@@H](O)[C@]1(C)O. The molecule has 1 unspecified atom stereocenters. The molecule has 5 N–H and O–H groups in total. The third kappa shape index (κ3) is 13.7. The molecule has 0 bridgehead atoms. The lowest BCUT2D eigenvalue weighted by molar-refractivity contribution is -0.318. The number of methoxy groups -OCH3 is 1. The van der Waals surface area contributed by atoms with E-state index in [1.807, 2.05) is 70.2 Å². The number of carbonyl (C=O) groups is 1. The van der Waals surface area contributed by atoms with Gasteiger partial charge in [-0.05, 0) is 112 Å². The molecule has 7 rings (SSSR count). The Labute approximate surface area is 448 Å². The molecule has 3 aromatic heterocycles. The maximum atomic E-state index is 14.5. The van der Waals surface area contributed by atoms with Gasteiger partial charge in [0.05, 0.1) is 65.2 Å². The van der Waals surface area contributed by atoms with Crippen LogP contribution >= 0.6 is 0 Å². The van der Waals surface area contributed by atoms with E-state index in [4.69, 9.17) is 33.3 Å². The van der Waals surface area contributed by atoms with Crippen molar-refractivity contribution in [3.8, 4) is 11.3 Å². The first kappa shape index (κ1) is 59.6. The number of cyclic esters (lactones) is 1. The zero-order chi connectivity index (χ0) is 55.4. The monoisotopic (exact) mass is 1070 g/mol. The van der Waals surface area contributed by atoms with E-state index in [-0.39, 0.29) is 37.4 Å². The van der Waals surface area contributed by atoms with E-state index in [1.165, 1.54) is 14.0 Å². The van der Waals surface area contributed by atoms with Crippen molar-refractivity contribution >= 4 is 11.7 Å². The van der Waals surface area contributed by atoms with Gasteiger partial charge in [-0.3, -0.25) is 14.8 Å². The lowest BCUT2D eigenvalue weighted by atomic mass is 9.77. The number of rotatable bonds is 14. The summed E-state index contributed by atoms with van der Waals surface area (Å²) in [6, 6.07) is 6.76. The predicted octanol–water partition coefficient (Wildman–Crippen LogP) is 3.76. The molecule has 21 heteroatoms. The van der Waals surface area contributed by atoms with Crippen LogP contribution in [-0.4, -0.2) is 203 Å². The second kappa shape index (κ2) is 24.9. The summed E-state index contributed by atoms with van der Waals surface area (Å²) in [6.07, 6.45) is -1.06. The first-order valence-corrected chi connectivity index (χ1v) is 27.1. The van der Waals surface area contributed by atoms with E-state index in [1.54, 1.807) is 64.8 Å². The topological polar surface area (TPSA) is 258 Å². The molecule has 0 saturated carbocycles. The summed E-state index contributed by atoms with van der Waals surface area (Å²) in [4.78, 5) is 33.1. The lowest BCUT2D eigenvalue weighted by Gasteiger charge is -2.49. The fourth-order valence-electron chi connectivity index (χ4n) is 11.8. The first-order valence-electron chi connectivity index (χ1n) is 27.1. The second-order valence-electron chi connectivity index (χ2n) is 23.0. The van der Waals surface area contributed by atoms with Crippen LogP contribution in [0.15, 0.2) is 54.2 Å². The summed E-state index contributed by atoms with van der Waals surface area (Å²) in [5, 5.41) is 73.0. The summed E-state index contributed by atoms with van der Waals surface area (Å²) in [5.74, 6) is -2.80. The number of esters is 1. The van der Waals surface area contributed by atoms with Gasteiger partial charge in [-0.15, -0.1) is 5.10 Å². The summed E-state index contributed by atoms with van der Waals surface area (Å²) in [7, 11) is 5.28. The third-order valence-electron chi connectivity index (χ3n) is 16.6. The molecular weight excluding hydrogens is 981 g/mol. The van der Waals surface area contributed by atoms with Gasteiger partial charge in [0.15, 0.2) is 18.7 Å². The van der Waals surface area contributed by atoms with Crippen LogP contribution in [0.2, 0.25) is 0 Å². The molecule has 0 aromatic carbocycles. The molecule has 19 atom stereocenters. The Hall–Kier alpha value is -4.10. The Morgan fingerprint density at radius 1 is 0.947 bits per heavy atom. The number of aromatic nitrogens is 5. The fourth-order valence-corrected chi connectivity index (χ4v) is 11.8. The van der Waals surface area contributed by atoms with Crippen molar-refractivity contribution < 1.29 is 63.6 Å². The van der Waals surface area contributed by atoms with Crippen molar-refractivity contribution in [2.45, 2.75) is 211 Å². The lowest BCUT2D eigenvalue weighted by Crippen LogP contribution is -2.61. The zero-order valence-electron chi connectivity index (χ0n) is 46.8. The van der Waals surface area contributed by atoms with E-state index in [0.717, 1.165) is 28.2 Å². The molecule has 0 aliphatic carbocycles. The zero-order valence-corrected chi connectivity index (χ0v) is 46.8. The van der Waals surface area contributed by atoms with Crippen molar-refractivity contribution in [2.24, 2.45) is 22.9 Å². The van der Waals surface area contributed by atoms with Crippen molar-refractivity contribution in [3.63, 3.8) is 0 Å². The second-order valence-corrected chi connectivity index (χ2v) is 23.0. The number of aliphatic hydroxyl groups excluding tert-OH is 3. The number of pyridine rings is 2. The Kier molecular flexibility index (Phi) is 19.5. The van der Waals surface area contributed by atoms with Crippen LogP contribution in [-0.2, 0) is 51.0 Å². The summed E-state index contributed by atoms with van der Waals surface area (Å²) in [6.45, 7) is 19.0. The van der Waals surface area contributed by atoms with Crippen LogP contribution in [0, 0.1) is 17.8 Å². The van der Waals surface area contributed by atoms with Crippen molar-refractivity contribution in [1.29, 1.82) is 0 Å². The number of aliphatic hydroxyl groups is 5. The van der Waals surface area contributed by atoms with Crippen molar-refractivity contribution in [1.82, 2.24) is 34.8 Å². The van der Waals surface area contributed by atoms with Gasteiger partial charge in [-0.1, -0.05) is 31.1 Å². The van der Waals surface area contributed by atoms with E-state index in [0.29, 0.717) is 38.9 Å². The van der Waals surface area contributed by atoms with E-state index in [2.05, 4.69) is 30.3 Å². The molecule has 424 valence electrons. The Morgan fingerprint density at radius 2 is 1.70 bits per heavy atom. The van der Waals surface area contributed by atoms with Gasteiger partial charge < -0.3 is 68.6 Å². The van der Waals surface area contributed by atoms with Crippen LogP contribution in [0.4, 0.5) is 0 Å². The van der Waals surface area contributed by atoms with E-state index >= 15 is 0 Å². The van der Waals surface area contributed by atoms with Gasteiger partial charge in [0.25, 0.3) is 0 Å². The predicted molar refractivity (Wildman–Crippen MR) is 280 cm³/mol. The van der Waals surface area contributed by atoms with E-state index in [9.17, 15) is 30.3 Å². The first-order chi connectivity index (χ1) is 35.8. The van der Waals surface area contributed by atoms with Gasteiger partial charge in [-0.25, -0.2) is 4.68 Å². The molecule has 0 amide bonds. The molecule has 3 fully saturated rings. The number of hydrogen-bond acceptors (Lipinski definition) is 20. The molecule has 21 nitrogen and oxygen atoms in total. The maximum Gasteiger partial charge on any atom is 0.311 e. The maximum absolute atomic E-state index is 14.5. The van der Waals surface area contributed by atoms with E-state index < -0.39 is 102 Å². The number of ether oxygens (including phenoxy) is 6. The minimum absolute atomic E-state index is 0.0982. The van der Waals surface area contributed by atoms with Gasteiger partial charge in [0.1, 0.15) is 30.0 Å².